The van der Waals surface area contributed by atoms with Crippen molar-refractivity contribution in [2.75, 3.05) is 7.11 Å². The van der Waals surface area contributed by atoms with Crippen molar-refractivity contribution in [3.05, 3.63) is 42.0 Å². The Bertz CT molecular complexity index is 467. The molecule has 0 radical (unpaired) electrons. The zero-order valence-corrected chi connectivity index (χ0v) is 9.13. The summed E-state index contributed by atoms with van der Waals surface area (Å²) < 4.78 is 7.20. The maximum Gasteiger partial charge on any atom is 0.146 e. The summed E-state index contributed by atoms with van der Waals surface area (Å²) in [5, 5.41) is 7.77. The molecule has 0 saturated carbocycles. The molecule has 0 spiro atoms. The molecular weight excluding hydrogens is 204 g/mol. The molecule has 0 aliphatic rings. The first-order chi connectivity index (χ1) is 7.85. The molecule has 0 amide bonds. The Morgan fingerprint density at radius 3 is 2.94 bits per heavy atom. The number of hydrogen-bond acceptors (Lipinski definition) is 4. The third-order valence-electron chi connectivity index (χ3n) is 2.41. The van der Waals surface area contributed by atoms with Gasteiger partial charge in [-0.05, 0) is 6.07 Å². The maximum absolute atomic E-state index is 5.56. The Balaban J connectivity index is 2.26. The number of aromatic nitrogens is 3. The van der Waals surface area contributed by atoms with E-state index in [1.165, 1.54) is 0 Å². The highest BCUT2D eigenvalue weighted by Crippen LogP contribution is 2.18. The summed E-state index contributed by atoms with van der Waals surface area (Å²) in [5.74, 6) is 1.63. The molecule has 0 bridgehead atoms. The van der Waals surface area contributed by atoms with Crippen molar-refractivity contribution < 1.29 is 4.74 Å². The van der Waals surface area contributed by atoms with Gasteiger partial charge in [0.1, 0.15) is 17.9 Å². The van der Waals surface area contributed by atoms with Crippen LogP contribution in [-0.2, 0) is 13.1 Å². The van der Waals surface area contributed by atoms with Gasteiger partial charge in [-0.25, -0.2) is 0 Å². The molecule has 0 fully saturated rings. The summed E-state index contributed by atoms with van der Waals surface area (Å²) in [6.07, 6.45) is 1.68. The van der Waals surface area contributed by atoms with Crippen LogP contribution in [0.15, 0.2) is 30.6 Å². The van der Waals surface area contributed by atoms with Crippen LogP contribution < -0.4 is 10.5 Å². The van der Waals surface area contributed by atoms with Crippen LogP contribution >= 0.6 is 0 Å². The second-order valence-electron chi connectivity index (χ2n) is 3.39. The standard InChI is InChI=1S/C11H14N4O/c1-16-10-5-3-2-4-9(10)7-15-8-13-14-11(15)6-12/h2-5,8H,6-7,12H2,1H3. The van der Waals surface area contributed by atoms with E-state index in [9.17, 15) is 0 Å². The normalized spacial score (nSPS) is 10.4. The summed E-state index contributed by atoms with van der Waals surface area (Å²) >= 11 is 0. The first kappa shape index (κ1) is 10.6. The largest absolute Gasteiger partial charge is 0.496 e. The lowest BCUT2D eigenvalue weighted by Crippen LogP contribution is -2.09. The Labute approximate surface area is 93.9 Å². The van der Waals surface area contributed by atoms with Crippen LogP contribution in [0.4, 0.5) is 0 Å². The molecule has 84 valence electrons. The number of benzene rings is 1. The predicted molar refractivity (Wildman–Crippen MR) is 60.0 cm³/mol. The number of hydrogen-bond donors (Lipinski definition) is 1. The molecule has 16 heavy (non-hydrogen) atoms. The highest BCUT2D eigenvalue weighted by atomic mass is 16.5. The van der Waals surface area contributed by atoms with Crippen molar-refractivity contribution in [2.24, 2.45) is 5.73 Å². The van der Waals surface area contributed by atoms with E-state index in [4.69, 9.17) is 10.5 Å². The lowest BCUT2D eigenvalue weighted by molar-refractivity contribution is 0.408. The topological polar surface area (TPSA) is 66.0 Å². The highest BCUT2D eigenvalue weighted by Gasteiger charge is 2.06. The van der Waals surface area contributed by atoms with E-state index in [-0.39, 0.29) is 0 Å². The monoisotopic (exact) mass is 218 g/mol. The van der Waals surface area contributed by atoms with Gasteiger partial charge in [-0.2, -0.15) is 0 Å². The molecular formula is C11H14N4O. The number of para-hydroxylation sites is 1. The van der Waals surface area contributed by atoms with Gasteiger partial charge in [0, 0.05) is 5.56 Å². The van der Waals surface area contributed by atoms with Crippen molar-refractivity contribution in [1.29, 1.82) is 0 Å². The van der Waals surface area contributed by atoms with Crippen molar-refractivity contribution >= 4 is 0 Å². The quantitative estimate of drug-likeness (QED) is 0.824. The Kier molecular flexibility index (Phi) is 3.16. The zero-order valence-electron chi connectivity index (χ0n) is 9.13. The molecule has 0 atom stereocenters. The van der Waals surface area contributed by atoms with E-state index in [1.807, 2.05) is 28.8 Å². The van der Waals surface area contributed by atoms with Crippen molar-refractivity contribution in [2.45, 2.75) is 13.1 Å². The summed E-state index contributed by atoms with van der Waals surface area (Å²) in [6.45, 7) is 1.05. The smallest absolute Gasteiger partial charge is 0.146 e. The zero-order chi connectivity index (χ0) is 11.4. The van der Waals surface area contributed by atoms with Crippen molar-refractivity contribution in [3.8, 4) is 5.75 Å². The van der Waals surface area contributed by atoms with Gasteiger partial charge >= 0.3 is 0 Å². The van der Waals surface area contributed by atoms with Crippen LogP contribution in [0.1, 0.15) is 11.4 Å². The van der Waals surface area contributed by atoms with Gasteiger partial charge < -0.3 is 15.0 Å². The van der Waals surface area contributed by atoms with Gasteiger partial charge in [-0.15, -0.1) is 10.2 Å². The molecule has 0 unspecified atom stereocenters. The molecule has 1 aromatic heterocycles. The molecule has 2 N–H and O–H groups in total. The first-order valence-electron chi connectivity index (χ1n) is 5.03. The summed E-state index contributed by atoms with van der Waals surface area (Å²) in [4.78, 5) is 0. The first-order valence-corrected chi connectivity index (χ1v) is 5.03. The van der Waals surface area contributed by atoms with Crippen LogP contribution in [0, 0.1) is 0 Å². The second kappa shape index (κ2) is 4.76. The van der Waals surface area contributed by atoms with Crippen LogP contribution in [-0.4, -0.2) is 21.9 Å². The molecule has 2 aromatic rings. The van der Waals surface area contributed by atoms with E-state index in [0.29, 0.717) is 13.1 Å². The van der Waals surface area contributed by atoms with Crippen molar-refractivity contribution in [3.63, 3.8) is 0 Å². The number of methoxy groups -OCH3 is 1. The third kappa shape index (κ3) is 2.04. The maximum atomic E-state index is 5.56. The average molecular weight is 218 g/mol. The number of rotatable bonds is 4. The Hall–Kier alpha value is -1.88. The highest BCUT2D eigenvalue weighted by molar-refractivity contribution is 5.33. The fourth-order valence-corrected chi connectivity index (χ4v) is 1.59. The molecule has 0 saturated heterocycles. The summed E-state index contributed by atoms with van der Waals surface area (Å²) in [6, 6.07) is 7.86. The molecule has 2 rings (SSSR count). The van der Waals surface area contributed by atoms with Crippen LogP contribution in [0.2, 0.25) is 0 Å². The van der Waals surface area contributed by atoms with E-state index in [1.54, 1.807) is 13.4 Å². The van der Waals surface area contributed by atoms with E-state index in [0.717, 1.165) is 17.1 Å². The molecule has 5 heteroatoms. The summed E-state index contributed by atoms with van der Waals surface area (Å²) in [7, 11) is 1.66. The minimum absolute atomic E-state index is 0.384. The minimum Gasteiger partial charge on any atom is -0.496 e. The second-order valence-corrected chi connectivity index (χ2v) is 3.39. The molecule has 1 heterocycles. The lowest BCUT2D eigenvalue weighted by Gasteiger charge is -2.09. The SMILES string of the molecule is COc1ccccc1Cn1cnnc1CN. The van der Waals surface area contributed by atoms with Crippen LogP contribution in [0.25, 0.3) is 0 Å². The van der Waals surface area contributed by atoms with Gasteiger partial charge in [0.25, 0.3) is 0 Å². The predicted octanol–water partition coefficient (Wildman–Crippen LogP) is 0.794. The third-order valence-corrected chi connectivity index (χ3v) is 2.41. The lowest BCUT2D eigenvalue weighted by atomic mass is 10.2. The van der Waals surface area contributed by atoms with Gasteiger partial charge in [-0.1, -0.05) is 18.2 Å². The van der Waals surface area contributed by atoms with E-state index < -0.39 is 0 Å². The molecule has 0 aliphatic carbocycles. The van der Waals surface area contributed by atoms with Gasteiger partial charge in [0.05, 0.1) is 20.2 Å². The van der Waals surface area contributed by atoms with Crippen LogP contribution in [0.3, 0.4) is 0 Å². The van der Waals surface area contributed by atoms with Gasteiger partial charge in [-0.3, -0.25) is 0 Å². The number of ether oxygens (including phenoxy) is 1. The summed E-state index contributed by atoms with van der Waals surface area (Å²) in [5.41, 5.74) is 6.65. The van der Waals surface area contributed by atoms with Crippen LogP contribution in [0.5, 0.6) is 5.75 Å². The Morgan fingerprint density at radius 1 is 1.38 bits per heavy atom. The average Bonchev–Trinajstić information content (AvgIpc) is 2.77. The Morgan fingerprint density at radius 2 is 2.19 bits per heavy atom. The van der Waals surface area contributed by atoms with E-state index >= 15 is 0 Å². The van der Waals surface area contributed by atoms with Gasteiger partial charge in [0.15, 0.2) is 0 Å². The molecule has 0 aliphatic heterocycles. The fourth-order valence-electron chi connectivity index (χ4n) is 1.59. The number of nitrogens with zero attached hydrogens (tertiary/aromatic N) is 3. The van der Waals surface area contributed by atoms with E-state index in [2.05, 4.69) is 10.2 Å². The molecule has 5 nitrogen and oxygen atoms in total. The minimum atomic E-state index is 0.384. The van der Waals surface area contributed by atoms with Crippen molar-refractivity contribution in [1.82, 2.24) is 14.8 Å². The van der Waals surface area contributed by atoms with Gasteiger partial charge in [0.2, 0.25) is 0 Å². The number of nitrogens with two attached hydrogens (primary N) is 1. The fraction of sp³-hybridized carbons (Fsp3) is 0.273. The molecule has 1 aromatic carbocycles.